The van der Waals surface area contributed by atoms with Gasteiger partial charge in [0.05, 0.1) is 12.2 Å². The molecule has 6 nitrogen and oxygen atoms in total. The molecule has 8 heteroatoms. The molecule has 0 saturated carbocycles. The average Bonchev–Trinajstić information content (AvgIpc) is 2.85. The average molecular weight is 422 g/mol. The second kappa shape index (κ2) is 10.3. The number of carbonyl (C=O) groups excluding carboxylic acids is 2. The first-order chi connectivity index (χ1) is 13.6. The lowest BCUT2D eigenvalue weighted by Crippen LogP contribution is -2.48. The Bertz CT molecular complexity index is 757. The first-order valence-corrected chi connectivity index (χ1v) is 11.9. The Morgan fingerprint density at radius 2 is 2.14 bits per heavy atom. The molecule has 1 aliphatic carbocycles. The van der Waals surface area contributed by atoms with Crippen LogP contribution in [0.25, 0.3) is 0 Å². The highest BCUT2D eigenvalue weighted by molar-refractivity contribution is 7.99. The zero-order chi connectivity index (χ0) is 19.9. The SMILES string of the molecule is CCOC(=O)C1CSCCN1CCC(=O)Nc1sc2c(c1C#N)CCCCC2. The fraction of sp³-hybridized carbons (Fsp3) is 0.650. The van der Waals surface area contributed by atoms with Gasteiger partial charge in [-0.05, 0) is 38.2 Å². The highest BCUT2D eigenvalue weighted by Crippen LogP contribution is 2.37. The molecule has 0 bridgehead atoms. The van der Waals surface area contributed by atoms with Crippen LogP contribution in [0.2, 0.25) is 0 Å². The molecule has 0 radical (unpaired) electrons. The maximum absolute atomic E-state index is 12.5. The molecule has 1 aromatic rings. The lowest BCUT2D eigenvalue weighted by atomic mass is 10.1. The van der Waals surface area contributed by atoms with Gasteiger partial charge in [0.25, 0.3) is 0 Å². The van der Waals surface area contributed by atoms with Gasteiger partial charge in [-0.1, -0.05) is 6.42 Å². The van der Waals surface area contributed by atoms with Crippen LogP contribution in [0.3, 0.4) is 0 Å². The van der Waals surface area contributed by atoms with E-state index in [-0.39, 0.29) is 17.9 Å². The minimum absolute atomic E-state index is 0.103. The molecule has 2 aliphatic rings. The summed E-state index contributed by atoms with van der Waals surface area (Å²) < 4.78 is 5.17. The van der Waals surface area contributed by atoms with E-state index in [1.807, 2.05) is 4.90 Å². The predicted molar refractivity (Wildman–Crippen MR) is 113 cm³/mol. The molecular formula is C20H27N3O3S2. The highest BCUT2D eigenvalue weighted by Gasteiger charge is 2.30. The lowest BCUT2D eigenvalue weighted by Gasteiger charge is -2.33. The smallest absolute Gasteiger partial charge is 0.324 e. The Labute approximate surface area is 174 Å². The molecule has 1 unspecified atom stereocenters. The molecule has 2 heterocycles. The van der Waals surface area contributed by atoms with Crippen LogP contribution < -0.4 is 5.32 Å². The van der Waals surface area contributed by atoms with E-state index in [4.69, 9.17) is 4.74 Å². The number of hydrogen-bond acceptors (Lipinski definition) is 7. The van der Waals surface area contributed by atoms with E-state index < -0.39 is 0 Å². The molecule has 1 aromatic heterocycles. The van der Waals surface area contributed by atoms with E-state index in [0.717, 1.165) is 43.5 Å². The Morgan fingerprint density at radius 3 is 2.93 bits per heavy atom. The second-order valence-electron chi connectivity index (χ2n) is 7.06. The van der Waals surface area contributed by atoms with Crippen molar-refractivity contribution >= 4 is 40.0 Å². The third-order valence-corrected chi connectivity index (χ3v) is 7.44. The second-order valence-corrected chi connectivity index (χ2v) is 9.31. The number of fused-ring (bicyclic) bond motifs is 1. The molecule has 28 heavy (non-hydrogen) atoms. The van der Waals surface area contributed by atoms with Crippen molar-refractivity contribution in [2.24, 2.45) is 0 Å². The summed E-state index contributed by atoms with van der Waals surface area (Å²) in [5.74, 6) is 1.35. The van der Waals surface area contributed by atoms with E-state index in [1.54, 1.807) is 30.0 Å². The quantitative estimate of drug-likeness (QED) is 0.561. The zero-order valence-electron chi connectivity index (χ0n) is 16.3. The summed E-state index contributed by atoms with van der Waals surface area (Å²) in [5.41, 5.74) is 1.78. The van der Waals surface area contributed by atoms with E-state index in [0.29, 0.717) is 35.9 Å². The number of carbonyl (C=O) groups is 2. The van der Waals surface area contributed by atoms with Crippen LogP contribution in [0.5, 0.6) is 0 Å². The maximum Gasteiger partial charge on any atom is 0.324 e. The Kier molecular flexibility index (Phi) is 7.77. The molecule has 3 rings (SSSR count). The number of aryl methyl sites for hydroxylation is 1. The van der Waals surface area contributed by atoms with Crippen molar-refractivity contribution < 1.29 is 14.3 Å². The molecule has 1 atom stereocenters. The van der Waals surface area contributed by atoms with Gasteiger partial charge in [-0.2, -0.15) is 17.0 Å². The third-order valence-electron chi connectivity index (χ3n) is 5.21. The van der Waals surface area contributed by atoms with Gasteiger partial charge >= 0.3 is 5.97 Å². The van der Waals surface area contributed by atoms with Crippen LogP contribution in [0.4, 0.5) is 5.00 Å². The van der Waals surface area contributed by atoms with E-state index >= 15 is 0 Å². The van der Waals surface area contributed by atoms with Crippen molar-refractivity contribution in [3.63, 3.8) is 0 Å². The number of nitriles is 1. The van der Waals surface area contributed by atoms with Crippen molar-refractivity contribution in [2.75, 3.05) is 36.5 Å². The third kappa shape index (κ3) is 5.07. The summed E-state index contributed by atoms with van der Waals surface area (Å²) in [7, 11) is 0. The van der Waals surface area contributed by atoms with Gasteiger partial charge in [0.15, 0.2) is 0 Å². The standard InChI is InChI=1S/C20H27N3O3S2/c1-2-26-20(25)16-13-27-11-10-23(16)9-8-18(24)22-19-15(12-21)14-6-4-3-5-7-17(14)28-19/h16H,2-11,13H2,1H3,(H,22,24). The van der Waals surface area contributed by atoms with Crippen LogP contribution >= 0.6 is 23.1 Å². The largest absolute Gasteiger partial charge is 0.465 e. The summed E-state index contributed by atoms with van der Waals surface area (Å²) >= 11 is 3.30. The summed E-state index contributed by atoms with van der Waals surface area (Å²) in [4.78, 5) is 28.0. The molecular weight excluding hydrogens is 394 g/mol. The van der Waals surface area contributed by atoms with Crippen molar-refractivity contribution in [3.8, 4) is 6.07 Å². The van der Waals surface area contributed by atoms with Crippen molar-refractivity contribution in [3.05, 3.63) is 16.0 Å². The summed E-state index contributed by atoms with van der Waals surface area (Å²) in [6.45, 7) is 3.47. The van der Waals surface area contributed by atoms with Crippen LogP contribution in [0.1, 0.15) is 48.6 Å². The van der Waals surface area contributed by atoms with Gasteiger partial charge in [-0.3, -0.25) is 14.5 Å². The number of amides is 1. The number of thioether (sulfide) groups is 1. The molecule has 1 amide bonds. The van der Waals surface area contributed by atoms with Gasteiger partial charge in [-0.15, -0.1) is 11.3 Å². The van der Waals surface area contributed by atoms with Crippen LogP contribution in [-0.4, -0.2) is 54.0 Å². The first kappa shape index (κ1) is 21.2. The molecule has 1 fully saturated rings. The summed E-state index contributed by atoms with van der Waals surface area (Å²) in [5, 5.41) is 13.2. The number of hydrogen-bond donors (Lipinski definition) is 1. The molecule has 0 spiro atoms. The number of ether oxygens (including phenoxy) is 1. The fourth-order valence-corrected chi connectivity index (χ4v) is 6.10. The van der Waals surface area contributed by atoms with Gasteiger partial charge in [0, 0.05) is 35.9 Å². The molecule has 1 N–H and O–H groups in total. The van der Waals surface area contributed by atoms with Crippen LogP contribution in [0.15, 0.2) is 0 Å². The molecule has 1 aliphatic heterocycles. The van der Waals surface area contributed by atoms with E-state index in [9.17, 15) is 14.9 Å². The van der Waals surface area contributed by atoms with E-state index in [2.05, 4.69) is 11.4 Å². The van der Waals surface area contributed by atoms with Gasteiger partial charge in [0.2, 0.25) is 5.91 Å². The topological polar surface area (TPSA) is 82.4 Å². The maximum atomic E-state index is 12.5. The van der Waals surface area contributed by atoms with Crippen molar-refractivity contribution in [1.29, 1.82) is 5.26 Å². The highest BCUT2D eigenvalue weighted by atomic mass is 32.2. The summed E-state index contributed by atoms with van der Waals surface area (Å²) in [6, 6.07) is 2.02. The van der Waals surface area contributed by atoms with Gasteiger partial charge in [-0.25, -0.2) is 0 Å². The number of rotatable bonds is 6. The van der Waals surface area contributed by atoms with Gasteiger partial charge < -0.3 is 10.1 Å². The Morgan fingerprint density at radius 1 is 1.32 bits per heavy atom. The minimum atomic E-state index is -0.279. The number of anilines is 1. The van der Waals surface area contributed by atoms with Crippen LogP contribution in [-0.2, 0) is 27.2 Å². The van der Waals surface area contributed by atoms with Gasteiger partial charge in [0.1, 0.15) is 17.1 Å². The van der Waals surface area contributed by atoms with Crippen molar-refractivity contribution in [1.82, 2.24) is 4.90 Å². The number of esters is 1. The minimum Gasteiger partial charge on any atom is -0.465 e. The normalized spacial score (nSPS) is 19.9. The van der Waals surface area contributed by atoms with E-state index in [1.165, 1.54) is 11.3 Å². The lowest BCUT2D eigenvalue weighted by molar-refractivity contribution is -0.149. The molecule has 1 saturated heterocycles. The Hall–Kier alpha value is -1.56. The van der Waals surface area contributed by atoms with Crippen LogP contribution in [0, 0.1) is 11.3 Å². The molecule has 0 aromatic carbocycles. The summed E-state index contributed by atoms with van der Waals surface area (Å²) in [6.07, 6.45) is 5.67. The monoisotopic (exact) mass is 421 g/mol. The predicted octanol–water partition coefficient (Wildman–Crippen LogP) is 3.20. The number of nitrogens with one attached hydrogen (secondary N) is 1. The Balaban J connectivity index is 1.60. The first-order valence-electron chi connectivity index (χ1n) is 9.97. The van der Waals surface area contributed by atoms with Crippen molar-refractivity contribution in [2.45, 2.75) is 51.5 Å². The molecule has 152 valence electrons. The zero-order valence-corrected chi connectivity index (χ0v) is 17.9. The number of thiophene rings is 1. The number of nitrogens with zero attached hydrogens (tertiary/aromatic N) is 2. The fourth-order valence-electron chi connectivity index (χ4n) is 3.74.